The number of rotatable bonds is 7. The van der Waals surface area contributed by atoms with Crippen molar-refractivity contribution in [1.29, 1.82) is 0 Å². The van der Waals surface area contributed by atoms with Crippen LogP contribution in [0.25, 0.3) is 55.0 Å². The summed E-state index contributed by atoms with van der Waals surface area (Å²) in [7, 11) is 0. The second-order valence-electron chi connectivity index (χ2n) is 9.64. The van der Waals surface area contributed by atoms with E-state index in [-0.39, 0.29) is 5.78 Å². The van der Waals surface area contributed by atoms with E-state index in [0.717, 1.165) is 49.1 Å². The Morgan fingerprint density at radius 3 is 2.61 bits per heavy atom. The van der Waals surface area contributed by atoms with Crippen LogP contribution in [-0.2, 0) is 0 Å². The maximum Gasteiger partial charge on any atom is 0.169 e. The maximum atomic E-state index is 11.8. The number of thiophene rings is 1. The lowest BCUT2D eigenvalue weighted by molar-refractivity contribution is 0.102. The Morgan fingerprint density at radius 1 is 0.927 bits per heavy atom. The quantitative estimate of drug-likeness (QED) is 0.128. The van der Waals surface area contributed by atoms with Crippen LogP contribution in [-0.4, -0.2) is 41.0 Å². The van der Waals surface area contributed by atoms with E-state index >= 15 is 0 Å². The predicted octanol–water partition coefficient (Wildman–Crippen LogP) is 6.60. The minimum absolute atomic E-state index is 0.0341. The number of Topliss-reactive ketones (excluding diaryl/α,β-unsaturated/α-hetero) is 1. The third-order valence-corrected chi connectivity index (χ3v) is 8.11. The van der Waals surface area contributed by atoms with Crippen molar-refractivity contribution in [3.05, 3.63) is 102 Å². The molecule has 1 unspecified atom stereocenters. The van der Waals surface area contributed by atoms with Gasteiger partial charge >= 0.3 is 0 Å². The maximum absolute atomic E-state index is 11.8. The summed E-state index contributed by atoms with van der Waals surface area (Å²) in [6, 6.07) is 21.2. The first-order chi connectivity index (χ1) is 20.0. The molecule has 7 rings (SSSR count). The van der Waals surface area contributed by atoms with Crippen molar-refractivity contribution in [3.8, 4) is 33.1 Å². The van der Waals surface area contributed by atoms with E-state index in [0.29, 0.717) is 22.1 Å². The van der Waals surface area contributed by atoms with Crippen LogP contribution in [0.3, 0.4) is 0 Å². The highest BCUT2D eigenvalue weighted by molar-refractivity contribution is 7.17. The largest absolute Gasteiger partial charge is 0.369 e. The van der Waals surface area contributed by atoms with Crippen molar-refractivity contribution in [2.45, 2.75) is 13.2 Å². The van der Waals surface area contributed by atoms with Crippen LogP contribution in [0.15, 0.2) is 91.5 Å². The van der Waals surface area contributed by atoms with Crippen molar-refractivity contribution < 1.29 is 9.90 Å². The number of fused-ring (bicyclic) bond motifs is 2. The molecule has 41 heavy (non-hydrogen) atoms. The lowest BCUT2D eigenvalue weighted by Gasteiger charge is -2.15. The molecule has 5 aromatic heterocycles. The van der Waals surface area contributed by atoms with E-state index in [1.165, 1.54) is 11.3 Å². The molecule has 9 nitrogen and oxygen atoms in total. The van der Waals surface area contributed by atoms with E-state index in [4.69, 9.17) is 4.98 Å². The number of aliphatic hydroxyl groups excluding tert-OH is 1. The highest BCUT2D eigenvalue weighted by Crippen LogP contribution is 2.35. The molecule has 4 N–H and O–H groups in total. The minimum Gasteiger partial charge on any atom is -0.369 e. The lowest BCUT2D eigenvalue weighted by atomic mass is 10.0. The molecule has 0 radical (unpaired) electrons. The Balaban J connectivity index is 1.24. The Morgan fingerprint density at radius 2 is 1.78 bits per heavy atom. The number of imidazole rings is 1. The number of ketones is 1. The van der Waals surface area contributed by atoms with Crippen molar-refractivity contribution in [3.63, 3.8) is 0 Å². The summed E-state index contributed by atoms with van der Waals surface area (Å²) in [6.07, 6.45) is 6.13. The summed E-state index contributed by atoms with van der Waals surface area (Å²) < 4.78 is 0. The van der Waals surface area contributed by atoms with E-state index in [9.17, 15) is 9.90 Å². The fourth-order valence-corrected chi connectivity index (χ4v) is 5.74. The summed E-state index contributed by atoms with van der Waals surface area (Å²) >= 11 is 1.43. The van der Waals surface area contributed by atoms with Gasteiger partial charge in [0.05, 0.1) is 34.0 Å². The van der Waals surface area contributed by atoms with Crippen LogP contribution in [0.1, 0.15) is 28.4 Å². The Hall–Kier alpha value is -5.19. The zero-order valence-corrected chi connectivity index (χ0v) is 22.6. The summed E-state index contributed by atoms with van der Waals surface area (Å²) in [6.45, 7) is 1.56. The Labute approximate surface area is 238 Å². The van der Waals surface area contributed by atoms with Crippen LogP contribution in [0, 0.1) is 0 Å². The standard InChI is InChI=1S/C31H23N7O2S/c1-17(39)26-9-10-27(41-26)23-15-33-16-25-28(23)36-30(35-25)29-22-12-19(7-8-24(22)37-38-29)20-11-21(14-32-13-20)34-31(40)18-5-3-2-4-6-18/h2-16,31,34,40H,1H3,(H,35,36)(H,37,38). The van der Waals surface area contributed by atoms with Gasteiger partial charge in [0, 0.05) is 39.3 Å². The molecule has 1 atom stereocenters. The minimum atomic E-state index is -0.855. The molecule has 200 valence electrons. The van der Waals surface area contributed by atoms with Crippen molar-refractivity contribution in [1.82, 2.24) is 30.1 Å². The Kier molecular flexibility index (Phi) is 6.11. The normalized spacial score (nSPS) is 12.1. The second-order valence-corrected chi connectivity index (χ2v) is 10.7. The molecule has 0 fully saturated rings. The number of hydrogen-bond acceptors (Lipinski definition) is 8. The van der Waals surface area contributed by atoms with Gasteiger partial charge in [0.15, 0.2) is 17.8 Å². The highest BCUT2D eigenvalue weighted by Gasteiger charge is 2.18. The average Bonchev–Trinajstić information content (AvgIpc) is 3.75. The number of nitrogens with one attached hydrogen (secondary N) is 3. The number of aliphatic hydroxyl groups is 1. The number of aromatic amines is 2. The number of aromatic nitrogens is 6. The van der Waals surface area contributed by atoms with Crippen LogP contribution in [0.4, 0.5) is 5.69 Å². The van der Waals surface area contributed by atoms with Crippen molar-refractivity contribution in [2.75, 3.05) is 5.32 Å². The van der Waals surface area contributed by atoms with Gasteiger partial charge in [0.25, 0.3) is 0 Å². The van der Waals surface area contributed by atoms with Crippen LogP contribution >= 0.6 is 11.3 Å². The summed E-state index contributed by atoms with van der Waals surface area (Å²) in [5.74, 6) is 0.646. The molecule has 0 saturated heterocycles. The van der Waals surface area contributed by atoms with E-state index in [1.807, 2.05) is 66.7 Å². The van der Waals surface area contributed by atoms with Gasteiger partial charge in [0.2, 0.25) is 0 Å². The molecule has 0 spiro atoms. The fraction of sp³-hybridized carbons (Fsp3) is 0.0645. The molecule has 7 aromatic rings. The fourth-order valence-electron chi connectivity index (χ4n) is 4.82. The second kappa shape index (κ2) is 10.1. The van der Waals surface area contributed by atoms with Gasteiger partial charge in [-0.15, -0.1) is 11.3 Å². The third-order valence-electron chi connectivity index (χ3n) is 6.89. The lowest BCUT2D eigenvalue weighted by Crippen LogP contribution is -2.09. The summed E-state index contributed by atoms with van der Waals surface area (Å²) in [5.41, 5.74) is 7.25. The SMILES string of the molecule is CC(=O)c1ccc(-c2cncc3[nH]c(-c4n[nH]c5ccc(-c6cncc(NC(O)c7ccccc7)c6)cc45)nc23)s1. The number of carbonyl (C=O) groups excluding carboxylic acids is 1. The van der Waals surface area contributed by atoms with Gasteiger partial charge in [-0.3, -0.25) is 19.9 Å². The van der Waals surface area contributed by atoms with Gasteiger partial charge in [0.1, 0.15) is 11.2 Å². The number of hydrogen-bond donors (Lipinski definition) is 4. The first-order valence-corrected chi connectivity index (χ1v) is 13.7. The van der Waals surface area contributed by atoms with Gasteiger partial charge in [-0.2, -0.15) is 5.10 Å². The first-order valence-electron chi connectivity index (χ1n) is 12.9. The van der Waals surface area contributed by atoms with Crippen molar-refractivity contribution >= 4 is 44.7 Å². The number of pyridine rings is 2. The number of benzene rings is 2. The van der Waals surface area contributed by atoms with E-state index < -0.39 is 6.23 Å². The van der Waals surface area contributed by atoms with E-state index in [1.54, 1.807) is 31.7 Å². The van der Waals surface area contributed by atoms with Crippen LogP contribution in [0.2, 0.25) is 0 Å². The summed E-state index contributed by atoms with van der Waals surface area (Å²) in [5, 5.41) is 22.3. The number of H-pyrrole nitrogens is 2. The monoisotopic (exact) mass is 557 g/mol. The zero-order valence-electron chi connectivity index (χ0n) is 21.8. The molecule has 0 aliphatic rings. The van der Waals surface area contributed by atoms with Gasteiger partial charge < -0.3 is 15.4 Å². The topological polar surface area (TPSA) is 132 Å². The predicted molar refractivity (Wildman–Crippen MR) is 161 cm³/mol. The molecule has 0 amide bonds. The molecular weight excluding hydrogens is 534 g/mol. The van der Waals surface area contributed by atoms with Crippen molar-refractivity contribution in [2.24, 2.45) is 0 Å². The van der Waals surface area contributed by atoms with Crippen LogP contribution < -0.4 is 5.32 Å². The molecular formula is C31H23N7O2S. The van der Waals surface area contributed by atoms with E-state index in [2.05, 4.69) is 30.5 Å². The van der Waals surface area contributed by atoms with Gasteiger partial charge in [-0.25, -0.2) is 4.98 Å². The molecule has 10 heteroatoms. The van der Waals surface area contributed by atoms with Crippen LogP contribution in [0.5, 0.6) is 0 Å². The number of anilines is 1. The Bertz CT molecular complexity index is 2040. The average molecular weight is 558 g/mol. The smallest absolute Gasteiger partial charge is 0.169 e. The molecule has 0 aliphatic heterocycles. The number of carbonyl (C=O) groups is 1. The molecule has 0 aliphatic carbocycles. The molecule has 5 heterocycles. The zero-order chi connectivity index (χ0) is 27.9. The summed E-state index contributed by atoms with van der Waals surface area (Å²) in [4.78, 5) is 30.5. The van der Waals surface area contributed by atoms with Gasteiger partial charge in [-0.05, 0) is 42.8 Å². The molecule has 0 bridgehead atoms. The number of nitrogens with zero attached hydrogens (tertiary/aromatic N) is 4. The molecule has 2 aromatic carbocycles. The molecule has 0 saturated carbocycles. The third kappa shape index (κ3) is 4.65. The van der Waals surface area contributed by atoms with Gasteiger partial charge in [-0.1, -0.05) is 36.4 Å². The highest BCUT2D eigenvalue weighted by atomic mass is 32.1. The first kappa shape index (κ1) is 24.8.